The Morgan fingerprint density at radius 1 is 1.26 bits per heavy atom. The van der Waals surface area contributed by atoms with Crippen molar-refractivity contribution in [3.8, 4) is 0 Å². The van der Waals surface area contributed by atoms with Gasteiger partial charge in [-0.05, 0) is 23.1 Å². The highest BCUT2D eigenvalue weighted by molar-refractivity contribution is 9.10. The van der Waals surface area contributed by atoms with Gasteiger partial charge in [0, 0.05) is 17.6 Å². The van der Waals surface area contributed by atoms with Crippen molar-refractivity contribution in [3.63, 3.8) is 0 Å². The lowest BCUT2D eigenvalue weighted by molar-refractivity contribution is 0.0650. The van der Waals surface area contributed by atoms with Gasteiger partial charge in [-0.2, -0.15) is 0 Å². The molecule has 0 spiro atoms. The van der Waals surface area contributed by atoms with E-state index in [-0.39, 0.29) is 18.0 Å². The molecule has 19 heavy (non-hydrogen) atoms. The third-order valence-electron chi connectivity index (χ3n) is 2.82. The Kier molecular flexibility index (Phi) is 5.82. The third kappa shape index (κ3) is 6.07. The van der Waals surface area contributed by atoms with Gasteiger partial charge in [-0.25, -0.2) is 4.79 Å². The van der Waals surface area contributed by atoms with Crippen molar-refractivity contribution in [1.29, 1.82) is 0 Å². The van der Waals surface area contributed by atoms with Crippen molar-refractivity contribution >= 4 is 22.0 Å². The molecule has 0 bridgehead atoms. The average molecular weight is 329 g/mol. The largest absolute Gasteiger partial charge is 0.391 e. The van der Waals surface area contributed by atoms with Gasteiger partial charge in [0.25, 0.3) is 0 Å². The van der Waals surface area contributed by atoms with Crippen LogP contribution in [0, 0.1) is 5.41 Å². The summed E-state index contributed by atoms with van der Waals surface area (Å²) >= 11 is 3.36. The molecule has 0 heterocycles. The fourth-order valence-corrected chi connectivity index (χ4v) is 1.61. The van der Waals surface area contributed by atoms with Crippen LogP contribution in [0.1, 0.15) is 26.3 Å². The minimum Gasteiger partial charge on any atom is -0.391 e. The summed E-state index contributed by atoms with van der Waals surface area (Å²) in [4.78, 5) is 11.6. The van der Waals surface area contributed by atoms with E-state index in [1.54, 1.807) is 0 Å². The molecule has 1 unspecified atom stereocenters. The highest BCUT2D eigenvalue weighted by Gasteiger charge is 2.22. The first-order chi connectivity index (χ1) is 8.79. The average Bonchev–Trinajstić information content (AvgIpc) is 2.34. The van der Waals surface area contributed by atoms with Gasteiger partial charge in [-0.15, -0.1) is 0 Å². The number of carbonyl (C=O) groups excluding carboxylic acids is 1. The molecule has 0 radical (unpaired) electrons. The van der Waals surface area contributed by atoms with E-state index >= 15 is 0 Å². The Morgan fingerprint density at radius 3 is 2.37 bits per heavy atom. The van der Waals surface area contributed by atoms with Gasteiger partial charge >= 0.3 is 6.03 Å². The Balaban J connectivity index is 2.30. The van der Waals surface area contributed by atoms with Crippen molar-refractivity contribution in [2.45, 2.75) is 33.4 Å². The maximum Gasteiger partial charge on any atom is 0.315 e. The van der Waals surface area contributed by atoms with E-state index in [1.165, 1.54) is 0 Å². The van der Waals surface area contributed by atoms with Crippen molar-refractivity contribution in [2.75, 3.05) is 6.54 Å². The van der Waals surface area contributed by atoms with Crippen molar-refractivity contribution < 1.29 is 9.90 Å². The van der Waals surface area contributed by atoms with E-state index in [2.05, 4.69) is 26.6 Å². The summed E-state index contributed by atoms with van der Waals surface area (Å²) < 4.78 is 1.01. The molecule has 1 rings (SSSR count). The molecule has 5 heteroatoms. The molecule has 0 aromatic heterocycles. The molecule has 1 aromatic rings. The molecule has 0 aliphatic carbocycles. The third-order valence-corrected chi connectivity index (χ3v) is 3.35. The molecule has 1 aromatic carbocycles. The second-order valence-corrected chi connectivity index (χ2v) is 6.49. The van der Waals surface area contributed by atoms with Crippen LogP contribution >= 0.6 is 15.9 Å². The number of hydrogen-bond donors (Lipinski definition) is 3. The number of rotatable bonds is 4. The van der Waals surface area contributed by atoms with E-state index in [4.69, 9.17) is 0 Å². The van der Waals surface area contributed by atoms with E-state index < -0.39 is 6.10 Å². The lowest BCUT2D eigenvalue weighted by atomic mass is 9.89. The minimum absolute atomic E-state index is 0.237. The quantitative estimate of drug-likeness (QED) is 0.795. The zero-order valence-corrected chi connectivity index (χ0v) is 13.1. The number of halogens is 1. The Hall–Kier alpha value is -1.07. The Bertz CT molecular complexity index is 412. The van der Waals surface area contributed by atoms with Crippen LogP contribution in [0.25, 0.3) is 0 Å². The maximum absolute atomic E-state index is 11.6. The van der Waals surface area contributed by atoms with Crippen molar-refractivity contribution in [1.82, 2.24) is 10.6 Å². The van der Waals surface area contributed by atoms with Gasteiger partial charge in [-0.1, -0.05) is 48.8 Å². The fraction of sp³-hybridized carbons (Fsp3) is 0.500. The monoisotopic (exact) mass is 328 g/mol. The predicted molar refractivity (Wildman–Crippen MR) is 79.8 cm³/mol. The van der Waals surface area contributed by atoms with Crippen LogP contribution < -0.4 is 10.6 Å². The van der Waals surface area contributed by atoms with E-state index in [9.17, 15) is 9.90 Å². The van der Waals surface area contributed by atoms with Gasteiger partial charge in [0.05, 0.1) is 6.10 Å². The molecule has 0 saturated carbocycles. The first-order valence-electron chi connectivity index (χ1n) is 6.23. The Morgan fingerprint density at radius 2 is 1.84 bits per heavy atom. The first-order valence-corrected chi connectivity index (χ1v) is 7.02. The van der Waals surface area contributed by atoms with Gasteiger partial charge < -0.3 is 15.7 Å². The zero-order chi connectivity index (χ0) is 14.5. The Labute approximate surface area is 122 Å². The number of hydrogen-bond acceptors (Lipinski definition) is 2. The van der Waals surface area contributed by atoms with Crippen LogP contribution in [0.4, 0.5) is 4.79 Å². The number of nitrogens with one attached hydrogen (secondary N) is 2. The van der Waals surface area contributed by atoms with E-state index in [1.807, 2.05) is 45.0 Å². The van der Waals surface area contributed by atoms with Gasteiger partial charge in [0.15, 0.2) is 0 Å². The first kappa shape index (κ1) is 16.0. The summed E-state index contributed by atoms with van der Waals surface area (Å²) in [5.41, 5.74) is 0.786. The number of amides is 2. The fourth-order valence-electron chi connectivity index (χ4n) is 1.34. The van der Waals surface area contributed by atoms with Gasteiger partial charge in [0.2, 0.25) is 0 Å². The molecule has 2 amide bonds. The number of carbonyl (C=O) groups is 1. The molecule has 0 saturated heterocycles. The van der Waals surface area contributed by atoms with E-state index in [0.29, 0.717) is 6.54 Å². The summed E-state index contributed by atoms with van der Waals surface area (Å²) in [5, 5.41) is 15.2. The number of aliphatic hydroxyl groups is 1. The minimum atomic E-state index is -0.564. The van der Waals surface area contributed by atoms with E-state index in [0.717, 1.165) is 10.0 Å². The zero-order valence-electron chi connectivity index (χ0n) is 11.5. The summed E-state index contributed by atoms with van der Waals surface area (Å²) in [5.74, 6) is 0. The summed E-state index contributed by atoms with van der Waals surface area (Å²) in [7, 11) is 0. The van der Waals surface area contributed by atoms with Crippen LogP contribution in [-0.4, -0.2) is 23.8 Å². The molecule has 3 N–H and O–H groups in total. The number of urea groups is 1. The SMILES string of the molecule is CC(C)(C)C(O)CNC(=O)NCc1ccc(Br)cc1. The second kappa shape index (κ2) is 6.91. The molecule has 0 aliphatic rings. The van der Waals surface area contributed by atoms with Crippen LogP contribution in [0.5, 0.6) is 0 Å². The van der Waals surface area contributed by atoms with Crippen LogP contribution in [0.3, 0.4) is 0 Å². The second-order valence-electron chi connectivity index (χ2n) is 5.57. The standard InChI is InChI=1S/C14H21BrN2O2/c1-14(2,3)12(18)9-17-13(19)16-8-10-4-6-11(15)7-5-10/h4-7,12,18H,8-9H2,1-3H3,(H2,16,17,19). The smallest absolute Gasteiger partial charge is 0.315 e. The van der Waals surface area contributed by atoms with Crippen LogP contribution in [0.15, 0.2) is 28.7 Å². The molecule has 106 valence electrons. The molecule has 0 aliphatic heterocycles. The lowest BCUT2D eigenvalue weighted by Gasteiger charge is -2.25. The highest BCUT2D eigenvalue weighted by atomic mass is 79.9. The normalized spacial score (nSPS) is 12.9. The molecule has 1 atom stereocenters. The summed E-state index contributed by atoms with van der Waals surface area (Å²) in [6.07, 6.45) is -0.564. The molecular weight excluding hydrogens is 308 g/mol. The molecule has 4 nitrogen and oxygen atoms in total. The predicted octanol–water partition coefficient (Wildman–Crippen LogP) is 2.66. The van der Waals surface area contributed by atoms with Crippen molar-refractivity contribution in [3.05, 3.63) is 34.3 Å². The lowest BCUT2D eigenvalue weighted by Crippen LogP contribution is -2.43. The van der Waals surface area contributed by atoms with Crippen LogP contribution in [0.2, 0.25) is 0 Å². The van der Waals surface area contributed by atoms with Crippen molar-refractivity contribution in [2.24, 2.45) is 5.41 Å². The summed E-state index contributed by atoms with van der Waals surface area (Å²) in [6.45, 7) is 6.50. The van der Waals surface area contributed by atoms with Gasteiger partial charge in [0.1, 0.15) is 0 Å². The van der Waals surface area contributed by atoms with Crippen LogP contribution in [-0.2, 0) is 6.54 Å². The molecule has 0 fully saturated rings. The maximum atomic E-state index is 11.6. The van der Waals surface area contributed by atoms with Gasteiger partial charge in [-0.3, -0.25) is 0 Å². The topological polar surface area (TPSA) is 61.4 Å². The molecular formula is C14H21BrN2O2. The number of aliphatic hydroxyl groups excluding tert-OH is 1. The summed E-state index contributed by atoms with van der Waals surface area (Å²) in [6, 6.07) is 7.46. The highest BCUT2D eigenvalue weighted by Crippen LogP contribution is 2.18. The number of benzene rings is 1.